The summed E-state index contributed by atoms with van der Waals surface area (Å²) in [6.45, 7) is 2.38. The van der Waals surface area contributed by atoms with Crippen molar-refractivity contribution >= 4 is 29.9 Å². The third-order valence-electron chi connectivity index (χ3n) is 5.64. The minimum Gasteiger partial charge on any atom is -0.494 e. The first-order chi connectivity index (χ1) is 14.4. The number of carboxylic acid groups (broad SMARTS) is 1. The van der Waals surface area contributed by atoms with Crippen molar-refractivity contribution in [1.82, 2.24) is 0 Å². The Labute approximate surface area is 189 Å². The summed E-state index contributed by atoms with van der Waals surface area (Å²) in [4.78, 5) is 12.1. The van der Waals surface area contributed by atoms with E-state index in [-0.39, 0.29) is 24.3 Å². The lowest BCUT2D eigenvalue weighted by Gasteiger charge is -2.23. The molecule has 168 valence electrons. The van der Waals surface area contributed by atoms with Crippen molar-refractivity contribution in [2.45, 2.75) is 44.7 Å². The lowest BCUT2D eigenvalue weighted by Crippen LogP contribution is -2.23. The van der Waals surface area contributed by atoms with Crippen LogP contribution >= 0.6 is 12.4 Å². The largest absolute Gasteiger partial charge is 0.494 e. The fraction of sp³-hybridized carbons (Fsp3) is 0.391. The Morgan fingerprint density at radius 1 is 1.19 bits per heavy atom. The number of nitrogens with one attached hydrogen (secondary N) is 2. The molecule has 1 aliphatic rings. The summed E-state index contributed by atoms with van der Waals surface area (Å²) in [6, 6.07) is 11.2. The van der Waals surface area contributed by atoms with Gasteiger partial charge in [0.1, 0.15) is 11.6 Å². The number of hydrogen-bond donors (Lipinski definition) is 5. The molecule has 7 nitrogen and oxygen atoms in total. The Bertz CT molecular complexity index is 898. The number of nitrogens with two attached hydrogens (primary N) is 2. The van der Waals surface area contributed by atoms with Gasteiger partial charge in [-0.3, -0.25) is 5.41 Å². The van der Waals surface area contributed by atoms with Gasteiger partial charge in [0.25, 0.3) is 0 Å². The molecule has 2 aromatic carbocycles. The van der Waals surface area contributed by atoms with Gasteiger partial charge in [0.05, 0.1) is 6.61 Å². The molecule has 1 fully saturated rings. The summed E-state index contributed by atoms with van der Waals surface area (Å²) in [7, 11) is 0. The highest BCUT2D eigenvalue weighted by Gasteiger charge is 2.26. The van der Waals surface area contributed by atoms with E-state index in [2.05, 4.69) is 5.32 Å². The Morgan fingerprint density at radius 2 is 1.81 bits per heavy atom. The second-order valence-corrected chi connectivity index (χ2v) is 7.75. The zero-order valence-corrected chi connectivity index (χ0v) is 18.5. The van der Waals surface area contributed by atoms with E-state index in [0.29, 0.717) is 35.1 Å². The van der Waals surface area contributed by atoms with E-state index in [1.54, 1.807) is 30.3 Å². The Morgan fingerprint density at radius 3 is 2.35 bits per heavy atom. The van der Waals surface area contributed by atoms with Crippen LogP contribution in [0.15, 0.2) is 42.5 Å². The summed E-state index contributed by atoms with van der Waals surface area (Å²) in [5.41, 5.74) is 14.7. The van der Waals surface area contributed by atoms with E-state index >= 15 is 0 Å². The molecule has 31 heavy (non-hydrogen) atoms. The maximum absolute atomic E-state index is 12.1. The number of hydrogen-bond acceptors (Lipinski definition) is 5. The van der Waals surface area contributed by atoms with Crippen LogP contribution in [0, 0.1) is 11.3 Å². The number of anilines is 1. The number of amidine groups is 1. The second-order valence-electron chi connectivity index (χ2n) is 7.75. The number of carboxylic acids is 1. The predicted molar refractivity (Wildman–Crippen MR) is 125 cm³/mol. The molecule has 1 saturated carbocycles. The molecule has 2 aromatic rings. The summed E-state index contributed by atoms with van der Waals surface area (Å²) in [5.74, 6) is -0.00511. The number of ether oxygens (including phenoxy) is 1. The van der Waals surface area contributed by atoms with Crippen molar-refractivity contribution in [2.24, 2.45) is 17.4 Å². The average Bonchev–Trinajstić information content (AvgIpc) is 3.26. The van der Waals surface area contributed by atoms with Gasteiger partial charge in [0, 0.05) is 17.3 Å². The predicted octanol–water partition coefficient (Wildman–Crippen LogP) is 4.22. The normalized spacial score (nSPS) is 15.5. The minimum atomic E-state index is -1.00. The van der Waals surface area contributed by atoms with Crippen LogP contribution in [0.2, 0.25) is 0 Å². The average molecular weight is 447 g/mol. The maximum atomic E-state index is 12.1. The third kappa shape index (κ3) is 6.12. The van der Waals surface area contributed by atoms with Gasteiger partial charge in [-0.2, -0.15) is 0 Å². The summed E-state index contributed by atoms with van der Waals surface area (Å²) in [5, 5.41) is 20.4. The van der Waals surface area contributed by atoms with Crippen LogP contribution in [0.4, 0.5) is 5.69 Å². The molecule has 8 heteroatoms. The molecule has 0 heterocycles. The molecule has 2 atom stereocenters. The molecule has 0 radical (unpaired) electrons. The van der Waals surface area contributed by atoms with Crippen LogP contribution in [0.3, 0.4) is 0 Å². The molecule has 0 spiro atoms. The van der Waals surface area contributed by atoms with Gasteiger partial charge in [-0.1, -0.05) is 18.9 Å². The van der Waals surface area contributed by atoms with E-state index < -0.39 is 12.0 Å². The molecule has 0 aliphatic heterocycles. The Balaban J connectivity index is 0.00000341. The maximum Gasteiger partial charge on any atom is 0.330 e. The van der Waals surface area contributed by atoms with Crippen LogP contribution in [0.25, 0.3) is 0 Å². The van der Waals surface area contributed by atoms with Gasteiger partial charge in [-0.25, -0.2) is 4.79 Å². The van der Waals surface area contributed by atoms with Crippen molar-refractivity contribution in [2.75, 3.05) is 11.9 Å². The third-order valence-corrected chi connectivity index (χ3v) is 5.64. The quantitative estimate of drug-likeness (QED) is 0.289. The standard InChI is InChI=1S/C23H30N4O3.ClH/c1-2-30-19-12-16(20(24)14-5-3-4-6-14)11-17(13-19)21(23(28)29)27-18-9-7-15(8-10-18)22(25)26;/h7-14,20-21,27H,2-6,24H2,1H3,(H3,25,26)(H,28,29);1H. The highest BCUT2D eigenvalue weighted by molar-refractivity contribution is 5.95. The molecular formula is C23H31ClN4O3. The molecule has 7 N–H and O–H groups in total. The molecule has 0 aromatic heterocycles. The van der Waals surface area contributed by atoms with Crippen molar-refractivity contribution in [3.8, 4) is 5.75 Å². The number of halogens is 1. The first-order valence-electron chi connectivity index (χ1n) is 10.4. The van der Waals surface area contributed by atoms with E-state index in [1.165, 1.54) is 12.8 Å². The van der Waals surface area contributed by atoms with Crippen LogP contribution in [0.1, 0.15) is 61.4 Å². The second kappa shape index (κ2) is 11.0. The lowest BCUT2D eigenvalue weighted by molar-refractivity contribution is -0.138. The molecule has 3 rings (SSSR count). The van der Waals surface area contributed by atoms with E-state index in [9.17, 15) is 9.90 Å². The zero-order chi connectivity index (χ0) is 21.7. The number of nitrogen functional groups attached to an aromatic ring is 1. The number of aliphatic carboxylic acids is 1. The molecule has 0 amide bonds. The molecule has 0 saturated heterocycles. The topological polar surface area (TPSA) is 134 Å². The van der Waals surface area contributed by atoms with Crippen molar-refractivity contribution in [3.63, 3.8) is 0 Å². The SMILES string of the molecule is CCOc1cc(C(Nc2ccc(C(=N)N)cc2)C(=O)O)cc(C(N)C2CCCC2)c1.Cl. The van der Waals surface area contributed by atoms with Gasteiger partial charge < -0.3 is 26.6 Å². The molecule has 1 aliphatic carbocycles. The summed E-state index contributed by atoms with van der Waals surface area (Å²) < 4.78 is 5.71. The highest BCUT2D eigenvalue weighted by atomic mass is 35.5. The monoisotopic (exact) mass is 446 g/mol. The fourth-order valence-electron chi connectivity index (χ4n) is 4.04. The number of benzene rings is 2. The Kier molecular flexibility index (Phi) is 8.71. The smallest absolute Gasteiger partial charge is 0.330 e. The van der Waals surface area contributed by atoms with E-state index in [4.69, 9.17) is 21.6 Å². The van der Waals surface area contributed by atoms with Crippen LogP contribution in [-0.4, -0.2) is 23.5 Å². The van der Waals surface area contributed by atoms with Crippen LogP contribution in [-0.2, 0) is 4.79 Å². The molecule has 2 unspecified atom stereocenters. The van der Waals surface area contributed by atoms with E-state index in [0.717, 1.165) is 18.4 Å². The number of rotatable bonds is 9. The minimum absolute atomic E-state index is 0. The lowest BCUT2D eigenvalue weighted by atomic mass is 9.90. The van der Waals surface area contributed by atoms with Gasteiger partial charge in [0.2, 0.25) is 0 Å². The summed E-state index contributed by atoms with van der Waals surface area (Å²) >= 11 is 0. The first kappa shape index (κ1) is 24.5. The van der Waals surface area contributed by atoms with Gasteiger partial charge in [0.15, 0.2) is 6.04 Å². The Hall–Kier alpha value is -2.77. The van der Waals surface area contributed by atoms with Crippen LogP contribution in [0.5, 0.6) is 5.75 Å². The van der Waals surface area contributed by atoms with Gasteiger partial charge in [-0.15, -0.1) is 12.4 Å². The molecule has 0 bridgehead atoms. The summed E-state index contributed by atoms with van der Waals surface area (Å²) in [6.07, 6.45) is 4.56. The van der Waals surface area contributed by atoms with E-state index in [1.807, 2.05) is 19.1 Å². The fourth-order valence-corrected chi connectivity index (χ4v) is 4.04. The van der Waals surface area contributed by atoms with Crippen molar-refractivity contribution < 1.29 is 14.6 Å². The van der Waals surface area contributed by atoms with Crippen LogP contribution < -0.4 is 21.5 Å². The molecular weight excluding hydrogens is 416 g/mol. The number of carbonyl (C=O) groups is 1. The first-order valence-corrected chi connectivity index (χ1v) is 10.4. The van der Waals surface area contributed by atoms with Gasteiger partial charge >= 0.3 is 5.97 Å². The zero-order valence-electron chi connectivity index (χ0n) is 17.6. The van der Waals surface area contributed by atoms with Crippen molar-refractivity contribution in [3.05, 3.63) is 59.2 Å². The van der Waals surface area contributed by atoms with Crippen molar-refractivity contribution in [1.29, 1.82) is 5.41 Å². The highest BCUT2D eigenvalue weighted by Crippen LogP contribution is 2.36. The van der Waals surface area contributed by atoms with Gasteiger partial charge in [-0.05, 0) is 73.2 Å².